The van der Waals surface area contributed by atoms with E-state index >= 15 is 0 Å². The van der Waals surface area contributed by atoms with E-state index in [1.807, 2.05) is 0 Å². The van der Waals surface area contributed by atoms with Crippen LogP contribution in [-0.4, -0.2) is 24.5 Å². The highest BCUT2D eigenvalue weighted by atomic mass is 19.1. The zero-order chi connectivity index (χ0) is 13.5. The van der Waals surface area contributed by atoms with Crippen molar-refractivity contribution in [1.82, 2.24) is 0 Å². The number of carboxylic acid groups (broad SMARTS) is 1. The molecule has 0 saturated carbocycles. The van der Waals surface area contributed by atoms with Crippen LogP contribution in [0.2, 0.25) is 0 Å². The Morgan fingerprint density at radius 2 is 2.00 bits per heavy atom. The van der Waals surface area contributed by atoms with Gasteiger partial charge >= 0.3 is 5.97 Å². The largest absolute Gasteiger partial charge is 0.478 e. The number of carboxylic acids is 1. The lowest BCUT2D eigenvalue weighted by Gasteiger charge is -2.08. The predicted molar refractivity (Wildman–Crippen MR) is 60.1 cm³/mol. The molecule has 0 bridgehead atoms. The zero-order valence-electron chi connectivity index (χ0n) is 9.65. The molecule has 1 rings (SSSR count). The zero-order valence-corrected chi connectivity index (χ0v) is 9.65. The van der Waals surface area contributed by atoms with Gasteiger partial charge in [-0.05, 0) is 30.7 Å². The van der Waals surface area contributed by atoms with Gasteiger partial charge in [-0.3, -0.25) is 0 Å². The summed E-state index contributed by atoms with van der Waals surface area (Å²) in [5.74, 6) is -3.58. The van der Waals surface area contributed by atoms with Crippen molar-refractivity contribution < 1.29 is 28.2 Å². The summed E-state index contributed by atoms with van der Waals surface area (Å²) < 4.78 is 36.5. The number of halogens is 2. The van der Waals surface area contributed by atoms with E-state index in [9.17, 15) is 13.6 Å². The van der Waals surface area contributed by atoms with Gasteiger partial charge in [-0.1, -0.05) is 0 Å². The molecule has 1 aromatic carbocycles. The predicted octanol–water partition coefficient (Wildman–Crippen LogP) is 2.44. The summed E-state index contributed by atoms with van der Waals surface area (Å²) in [7, 11) is 0. The lowest BCUT2D eigenvalue weighted by Crippen LogP contribution is -2.05. The quantitative estimate of drug-likeness (QED) is 0.483. The Labute approximate surface area is 102 Å². The van der Waals surface area contributed by atoms with Gasteiger partial charge in [0.25, 0.3) is 0 Å². The molecule has 0 fully saturated rings. The van der Waals surface area contributed by atoms with Gasteiger partial charge < -0.3 is 14.6 Å². The highest BCUT2D eigenvalue weighted by Gasteiger charge is 2.11. The average Bonchev–Trinajstić information content (AvgIpc) is 2.30. The van der Waals surface area contributed by atoms with Crippen LogP contribution in [0.1, 0.15) is 12.5 Å². The van der Waals surface area contributed by atoms with Gasteiger partial charge in [0, 0.05) is 12.7 Å². The van der Waals surface area contributed by atoms with Crippen LogP contribution >= 0.6 is 0 Å². The normalized spacial score (nSPS) is 10.8. The van der Waals surface area contributed by atoms with Crippen LogP contribution in [0.5, 0.6) is 5.75 Å². The van der Waals surface area contributed by atoms with Crippen molar-refractivity contribution in [2.24, 2.45) is 0 Å². The van der Waals surface area contributed by atoms with E-state index in [4.69, 9.17) is 14.6 Å². The third-order valence-electron chi connectivity index (χ3n) is 1.93. The number of carbonyl (C=O) groups is 1. The first-order valence-corrected chi connectivity index (χ1v) is 5.15. The molecule has 4 nitrogen and oxygen atoms in total. The molecule has 1 N–H and O–H groups in total. The molecule has 0 atom stereocenters. The van der Waals surface area contributed by atoms with Gasteiger partial charge in [-0.2, -0.15) is 0 Å². The van der Waals surface area contributed by atoms with Gasteiger partial charge in [0.05, 0.1) is 0 Å². The Morgan fingerprint density at radius 3 is 2.50 bits per heavy atom. The van der Waals surface area contributed by atoms with Crippen molar-refractivity contribution in [2.45, 2.75) is 6.92 Å². The fourth-order valence-corrected chi connectivity index (χ4v) is 1.17. The first-order chi connectivity index (χ1) is 8.54. The number of hydrogen-bond donors (Lipinski definition) is 1. The third kappa shape index (κ3) is 4.14. The highest BCUT2D eigenvalue weighted by molar-refractivity contribution is 5.85. The maximum absolute atomic E-state index is 13.5. The summed E-state index contributed by atoms with van der Waals surface area (Å²) in [6.07, 6.45) is 1.87. The van der Waals surface area contributed by atoms with Crippen molar-refractivity contribution in [1.29, 1.82) is 0 Å². The Balaban J connectivity index is 2.87. The van der Waals surface area contributed by atoms with E-state index in [1.54, 1.807) is 6.92 Å². The Kier molecular flexibility index (Phi) is 5.26. The molecule has 1 aromatic rings. The lowest BCUT2D eigenvalue weighted by atomic mass is 10.2. The van der Waals surface area contributed by atoms with Crippen LogP contribution in [0.4, 0.5) is 8.78 Å². The molecule has 0 unspecified atom stereocenters. The van der Waals surface area contributed by atoms with Crippen LogP contribution in [0.25, 0.3) is 6.08 Å². The number of ether oxygens (including phenoxy) is 2. The van der Waals surface area contributed by atoms with Crippen molar-refractivity contribution in [3.63, 3.8) is 0 Å². The monoisotopic (exact) mass is 258 g/mol. The maximum Gasteiger partial charge on any atom is 0.328 e. The summed E-state index contributed by atoms with van der Waals surface area (Å²) in [5.41, 5.74) is 0.0937. The first-order valence-electron chi connectivity index (χ1n) is 5.15. The number of aliphatic carboxylic acids is 1. The molecule has 0 amide bonds. The molecule has 0 saturated heterocycles. The van der Waals surface area contributed by atoms with E-state index in [0.29, 0.717) is 6.61 Å². The fourth-order valence-electron chi connectivity index (χ4n) is 1.17. The Bertz CT molecular complexity index is 434. The number of rotatable bonds is 6. The van der Waals surface area contributed by atoms with Gasteiger partial charge in [-0.15, -0.1) is 0 Å². The summed E-state index contributed by atoms with van der Waals surface area (Å²) >= 11 is 0. The smallest absolute Gasteiger partial charge is 0.328 e. The van der Waals surface area contributed by atoms with Crippen LogP contribution < -0.4 is 4.74 Å². The minimum absolute atomic E-state index is 0.0937. The highest BCUT2D eigenvalue weighted by Crippen LogP contribution is 2.23. The molecule has 0 aliphatic heterocycles. The summed E-state index contributed by atoms with van der Waals surface area (Å²) in [5, 5.41) is 8.40. The number of hydrogen-bond acceptors (Lipinski definition) is 3. The molecule has 18 heavy (non-hydrogen) atoms. The maximum atomic E-state index is 13.5. The van der Waals surface area contributed by atoms with Gasteiger partial charge in [0.1, 0.15) is 0 Å². The minimum atomic E-state index is -1.20. The molecular formula is C12H12F2O4. The van der Waals surface area contributed by atoms with Crippen LogP contribution in [0.3, 0.4) is 0 Å². The summed E-state index contributed by atoms with van der Waals surface area (Å²) in [4.78, 5) is 10.3. The average molecular weight is 258 g/mol. The first kappa shape index (κ1) is 14.1. The van der Waals surface area contributed by atoms with Crippen molar-refractivity contribution in [2.75, 3.05) is 13.4 Å². The Morgan fingerprint density at radius 1 is 1.39 bits per heavy atom. The van der Waals surface area contributed by atoms with Gasteiger partial charge in [0.15, 0.2) is 24.2 Å². The van der Waals surface area contributed by atoms with Crippen LogP contribution in [0, 0.1) is 11.6 Å². The summed E-state index contributed by atoms with van der Waals surface area (Å²) in [6.45, 7) is 1.83. The Hall–Kier alpha value is -1.95. The molecule has 6 heteroatoms. The molecule has 0 aromatic heterocycles. The van der Waals surface area contributed by atoms with Crippen LogP contribution in [0.15, 0.2) is 18.2 Å². The van der Waals surface area contributed by atoms with E-state index in [0.717, 1.165) is 24.3 Å². The second-order valence-electron chi connectivity index (χ2n) is 3.24. The second kappa shape index (κ2) is 6.70. The topological polar surface area (TPSA) is 55.8 Å². The molecule has 98 valence electrons. The molecule has 0 heterocycles. The summed E-state index contributed by atoms with van der Waals surface area (Å²) in [6, 6.07) is 1.95. The third-order valence-corrected chi connectivity index (χ3v) is 1.93. The lowest BCUT2D eigenvalue weighted by molar-refractivity contribution is -0.131. The molecule has 0 spiro atoms. The molecule has 0 aliphatic rings. The van der Waals surface area contributed by atoms with E-state index < -0.39 is 23.4 Å². The van der Waals surface area contributed by atoms with Crippen LogP contribution in [-0.2, 0) is 9.53 Å². The van der Waals surface area contributed by atoms with Crippen molar-refractivity contribution >= 4 is 12.0 Å². The van der Waals surface area contributed by atoms with Gasteiger partial charge in [0.2, 0.25) is 0 Å². The van der Waals surface area contributed by atoms with E-state index in [1.165, 1.54) is 0 Å². The standard InChI is InChI=1S/C12H12F2O4/c1-2-17-7-18-12-9(13)5-8(6-10(12)14)3-4-11(15)16/h3-6H,2,7H2,1H3,(H,15,16). The van der Waals surface area contributed by atoms with Crippen molar-refractivity contribution in [3.05, 3.63) is 35.4 Å². The second-order valence-corrected chi connectivity index (χ2v) is 3.24. The molecular weight excluding hydrogens is 246 g/mol. The van der Waals surface area contributed by atoms with E-state index in [-0.39, 0.29) is 12.4 Å². The number of benzene rings is 1. The molecule has 0 aliphatic carbocycles. The van der Waals surface area contributed by atoms with Crippen molar-refractivity contribution in [3.8, 4) is 5.75 Å². The fraction of sp³-hybridized carbons (Fsp3) is 0.250. The molecule has 0 radical (unpaired) electrons. The van der Waals surface area contributed by atoms with Gasteiger partial charge in [-0.25, -0.2) is 13.6 Å². The minimum Gasteiger partial charge on any atom is -0.478 e. The van der Waals surface area contributed by atoms with E-state index in [2.05, 4.69) is 0 Å². The SMILES string of the molecule is CCOCOc1c(F)cc(C=CC(=O)O)cc1F.